The molecule has 1 saturated heterocycles. The summed E-state index contributed by atoms with van der Waals surface area (Å²) in [7, 11) is 0. The minimum Gasteiger partial charge on any atom is -0.311 e. The summed E-state index contributed by atoms with van der Waals surface area (Å²) in [5.74, 6) is 0. The summed E-state index contributed by atoms with van der Waals surface area (Å²) in [5.41, 5.74) is 0. The molecule has 0 amide bonds. The number of nitrogens with one attached hydrogen (secondary N) is 1. The molecule has 1 saturated carbocycles. The molecule has 1 N–H and O–H groups in total. The fraction of sp³-hybridized carbons (Fsp3) is 1.00. The van der Waals surface area contributed by atoms with Crippen molar-refractivity contribution in [3.8, 4) is 0 Å². The normalized spacial score (nSPS) is 39.5. The van der Waals surface area contributed by atoms with Gasteiger partial charge in [-0.05, 0) is 26.7 Å². The maximum Gasteiger partial charge on any atom is 0.0196 e. The van der Waals surface area contributed by atoms with Crippen molar-refractivity contribution in [1.29, 1.82) is 0 Å². The van der Waals surface area contributed by atoms with Crippen LogP contribution < -0.4 is 5.32 Å². The smallest absolute Gasteiger partial charge is 0.0196 e. The van der Waals surface area contributed by atoms with Crippen molar-refractivity contribution in [2.24, 2.45) is 0 Å². The molecule has 2 fully saturated rings. The molecule has 1 aliphatic carbocycles. The van der Waals surface area contributed by atoms with Gasteiger partial charge in [-0.3, -0.25) is 4.90 Å². The average Bonchev–Trinajstić information content (AvgIpc) is 1.93. The minimum absolute atomic E-state index is 0.696. The van der Waals surface area contributed by atoms with Crippen molar-refractivity contribution in [1.82, 2.24) is 10.2 Å². The zero-order chi connectivity index (χ0) is 8.55. The highest BCUT2D eigenvalue weighted by atomic mass is 15.3. The molecule has 70 valence electrons. The molecule has 2 aliphatic rings. The predicted octanol–water partition coefficient (Wildman–Crippen LogP) is 1.22. The molecule has 0 unspecified atom stereocenters. The van der Waals surface area contributed by atoms with Crippen LogP contribution in [0.25, 0.3) is 0 Å². The third-order valence-corrected chi connectivity index (χ3v) is 3.36. The highest BCUT2D eigenvalue weighted by Gasteiger charge is 2.31. The third kappa shape index (κ3) is 1.50. The molecule has 0 spiro atoms. The molecule has 2 rings (SSSR count). The van der Waals surface area contributed by atoms with Gasteiger partial charge in [-0.2, -0.15) is 0 Å². The standard InChI is InChI=1S/C10H20N2/c1-8-7-12(9(2)6-11-8)10-4-3-5-10/h8-11H,3-7H2,1-2H3/t8-,9-/m0/s1. The Morgan fingerprint density at radius 3 is 2.58 bits per heavy atom. The molecule has 0 aromatic carbocycles. The van der Waals surface area contributed by atoms with Crippen LogP contribution in [-0.4, -0.2) is 36.1 Å². The van der Waals surface area contributed by atoms with Crippen LogP contribution in [0, 0.1) is 0 Å². The molecule has 1 aliphatic heterocycles. The molecular weight excluding hydrogens is 148 g/mol. The molecule has 0 radical (unpaired) electrons. The van der Waals surface area contributed by atoms with Gasteiger partial charge in [0.1, 0.15) is 0 Å². The number of rotatable bonds is 1. The van der Waals surface area contributed by atoms with E-state index in [1.54, 1.807) is 0 Å². The summed E-state index contributed by atoms with van der Waals surface area (Å²) in [6.45, 7) is 7.07. The lowest BCUT2D eigenvalue weighted by Gasteiger charge is -2.46. The second kappa shape index (κ2) is 3.35. The molecule has 12 heavy (non-hydrogen) atoms. The van der Waals surface area contributed by atoms with E-state index >= 15 is 0 Å². The lowest BCUT2D eigenvalue weighted by molar-refractivity contribution is 0.0533. The van der Waals surface area contributed by atoms with E-state index < -0.39 is 0 Å². The highest BCUT2D eigenvalue weighted by molar-refractivity contribution is 4.89. The topological polar surface area (TPSA) is 15.3 Å². The molecule has 2 nitrogen and oxygen atoms in total. The van der Waals surface area contributed by atoms with E-state index in [4.69, 9.17) is 0 Å². The van der Waals surface area contributed by atoms with Crippen LogP contribution >= 0.6 is 0 Å². The minimum atomic E-state index is 0.696. The highest BCUT2D eigenvalue weighted by Crippen LogP contribution is 2.27. The Hall–Kier alpha value is -0.0800. The summed E-state index contributed by atoms with van der Waals surface area (Å²) in [6, 6.07) is 2.37. The van der Waals surface area contributed by atoms with Crippen LogP contribution in [0.1, 0.15) is 33.1 Å². The van der Waals surface area contributed by atoms with Crippen molar-refractivity contribution in [2.75, 3.05) is 13.1 Å². The van der Waals surface area contributed by atoms with Crippen LogP contribution in [0.5, 0.6) is 0 Å². The first kappa shape index (κ1) is 8.52. The Labute approximate surface area is 75.3 Å². The molecule has 0 aromatic rings. The van der Waals surface area contributed by atoms with Crippen LogP contribution in [-0.2, 0) is 0 Å². The van der Waals surface area contributed by atoms with E-state index in [1.165, 1.54) is 32.4 Å². The van der Waals surface area contributed by atoms with Crippen LogP contribution in [0.3, 0.4) is 0 Å². The maximum absolute atomic E-state index is 3.52. The van der Waals surface area contributed by atoms with Gasteiger partial charge in [0.15, 0.2) is 0 Å². The van der Waals surface area contributed by atoms with Gasteiger partial charge in [0.2, 0.25) is 0 Å². The maximum atomic E-state index is 3.52. The molecular formula is C10H20N2. The van der Waals surface area contributed by atoms with Gasteiger partial charge in [0.25, 0.3) is 0 Å². The van der Waals surface area contributed by atoms with Crippen LogP contribution in [0.4, 0.5) is 0 Å². The molecule has 2 atom stereocenters. The molecule has 0 aromatic heterocycles. The Morgan fingerprint density at radius 1 is 1.25 bits per heavy atom. The van der Waals surface area contributed by atoms with Gasteiger partial charge in [-0.15, -0.1) is 0 Å². The third-order valence-electron chi connectivity index (χ3n) is 3.36. The summed E-state index contributed by atoms with van der Waals surface area (Å²) in [4.78, 5) is 2.70. The zero-order valence-corrected chi connectivity index (χ0v) is 8.21. The number of hydrogen-bond donors (Lipinski definition) is 1. The van der Waals surface area contributed by atoms with Gasteiger partial charge in [0.05, 0.1) is 0 Å². The van der Waals surface area contributed by atoms with Gasteiger partial charge >= 0.3 is 0 Å². The summed E-state index contributed by atoms with van der Waals surface area (Å²) < 4.78 is 0. The first-order valence-corrected chi connectivity index (χ1v) is 5.26. The Balaban J connectivity index is 1.91. The Morgan fingerprint density at radius 2 is 2.00 bits per heavy atom. The van der Waals surface area contributed by atoms with E-state index in [0.29, 0.717) is 6.04 Å². The largest absolute Gasteiger partial charge is 0.311 e. The number of nitrogens with zero attached hydrogens (tertiary/aromatic N) is 1. The van der Waals surface area contributed by atoms with Gasteiger partial charge in [-0.25, -0.2) is 0 Å². The van der Waals surface area contributed by atoms with E-state index in [0.717, 1.165) is 12.1 Å². The first-order valence-electron chi connectivity index (χ1n) is 5.26. The summed E-state index contributed by atoms with van der Waals surface area (Å²) >= 11 is 0. The van der Waals surface area contributed by atoms with Gasteiger partial charge in [-0.1, -0.05) is 6.42 Å². The fourth-order valence-corrected chi connectivity index (χ4v) is 2.28. The second-order valence-corrected chi connectivity index (χ2v) is 4.44. The van der Waals surface area contributed by atoms with E-state index in [-0.39, 0.29) is 0 Å². The van der Waals surface area contributed by atoms with Gasteiger partial charge in [0, 0.05) is 31.2 Å². The van der Waals surface area contributed by atoms with Crippen molar-refractivity contribution in [2.45, 2.75) is 51.2 Å². The SMILES string of the molecule is C[C@H]1CN(C2CCC2)[C@@H](C)CN1. The number of hydrogen-bond acceptors (Lipinski definition) is 2. The van der Waals surface area contributed by atoms with Crippen LogP contribution in [0.2, 0.25) is 0 Å². The summed E-state index contributed by atoms with van der Waals surface area (Å²) in [6.07, 6.45) is 4.34. The lowest BCUT2D eigenvalue weighted by atomic mass is 9.89. The van der Waals surface area contributed by atoms with E-state index in [9.17, 15) is 0 Å². The van der Waals surface area contributed by atoms with Crippen molar-refractivity contribution in [3.63, 3.8) is 0 Å². The monoisotopic (exact) mass is 168 g/mol. The van der Waals surface area contributed by atoms with Crippen molar-refractivity contribution < 1.29 is 0 Å². The molecule has 1 heterocycles. The Kier molecular flexibility index (Phi) is 2.37. The quantitative estimate of drug-likeness (QED) is 0.633. The first-order chi connectivity index (χ1) is 5.77. The predicted molar refractivity (Wildman–Crippen MR) is 51.3 cm³/mol. The van der Waals surface area contributed by atoms with Crippen LogP contribution in [0.15, 0.2) is 0 Å². The second-order valence-electron chi connectivity index (χ2n) is 4.44. The fourth-order valence-electron chi connectivity index (χ4n) is 2.28. The molecule has 0 bridgehead atoms. The number of piperazine rings is 1. The van der Waals surface area contributed by atoms with Crippen molar-refractivity contribution in [3.05, 3.63) is 0 Å². The van der Waals surface area contributed by atoms with E-state index in [1.807, 2.05) is 0 Å². The molecule has 2 heteroatoms. The zero-order valence-electron chi connectivity index (χ0n) is 8.21. The lowest BCUT2D eigenvalue weighted by Crippen LogP contribution is -2.58. The van der Waals surface area contributed by atoms with E-state index in [2.05, 4.69) is 24.1 Å². The van der Waals surface area contributed by atoms with Gasteiger partial charge < -0.3 is 5.32 Å². The van der Waals surface area contributed by atoms with Crippen molar-refractivity contribution >= 4 is 0 Å². The average molecular weight is 168 g/mol. The Bertz CT molecular complexity index is 152. The summed E-state index contributed by atoms with van der Waals surface area (Å²) in [5, 5.41) is 3.52.